The maximum Gasteiger partial charge on any atom is 0.320 e. The summed E-state index contributed by atoms with van der Waals surface area (Å²) < 4.78 is 43.5. The van der Waals surface area contributed by atoms with Crippen molar-refractivity contribution >= 4 is 33.6 Å². The first kappa shape index (κ1) is 26.2. The summed E-state index contributed by atoms with van der Waals surface area (Å²) in [5, 5.41) is 0. The van der Waals surface area contributed by atoms with Crippen molar-refractivity contribution in [3.8, 4) is 0 Å². The molecule has 0 aliphatic carbocycles. The molecular weight excluding hydrogens is 474 g/mol. The lowest BCUT2D eigenvalue weighted by Crippen LogP contribution is -2.47. The first-order chi connectivity index (χ1) is 16.6. The van der Waals surface area contributed by atoms with Gasteiger partial charge in [-0.3, -0.25) is 18.7 Å². The number of fused-ring (bicyclic) bond motifs is 1. The van der Waals surface area contributed by atoms with Gasteiger partial charge in [-0.2, -0.15) is 0 Å². The fourth-order valence-electron chi connectivity index (χ4n) is 4.46. The topological polar surface area (TPSA) is 116 Å². The molecule has 0 fully saturated rings. The molecule has 0 N–H and O–H groups in total. The number of esters is 3. The number of hydrogen-bond donors (Lipinski definition) is 0. The standard InChI is InChI=1S/C25H29NO8S/c1-5-34-21(27)14-17-15-26(35(30,31)18-12-10-16(2)11-13-18)20-9-7-6-8-19(20)22(17)23(24(28)32-3)25(29)33-4/h6-13,17,22-23H,5,14-15H2,1-4H3. The van der Waals surface area contributed by atoms with E-state index in [1.165, 1.54) is 16.4 Å². The van der Waals surface area contributed by atoms with Crippen LogP contribution in [0, 0.1) is 18.8 Å². The third-order valence-electron chi connectivity index (χ3n) is 6.09. The van der Waals surface area contributed by atoms with Crippen molar-refractivity contribution in [3.63, 3.8) is 0 Å². The average molecular weight is 504 g/mol. The van der Waals surface area contributed by atoms with Gasteiger partial charge in [-0.25, -0.2) is 8.42 Å². The Balaban J connectivity index is 2.20. The Kier molecular flexibility index (Phi) is 8.16. The number of ether oxygens (including phenoxy) is 3. The predicted molar refractivity (Wildman–Crippen MR) is 127 cm³/mol. The van der Waals surface area contributed by atoms with Crippen molar-refractivity contribution in [3.05, 3.63) is 59.7 Å². The molecule has 0 radical (unpaired) electrons. The van der Waals surface area contributed by atoms with Gasteiger partial charge in [0.05, 0.1) is 37.8 Å². The number of sulfonamides is 1. The molecule has 2 atom stereocenters. The molecule has 0 saturated carbocycles. The maximum absolute atomic E-state index is 13.7. The number of para-hydroxylation sites is 1. The molecule has 1 aliphatic heterocycles. The Morgan fingerprint density at radius 1 is 1.00 bits per heavy atom. The van der Waals surface area contributed by atoms with Crippen molar-refractivity contribution in [1.82, 2.24) is 0 Å². The lowest BCUT2D eigenvalue weighted by atomic mass is 9.72. The number of carbonyl (C=O) groups excluding carboxylic acids is 3. The van der Waals surface area contributed by atoms with E-state index in [0.29, 0.717) is 11.3 Å². The number of rotatable bonds is 8. The zero-order valence-electron chi connectivity index (χ0n) is 20.1. The van der Waals surface area contributed by atoms with Crippen molar-refractivity contribution in [2.45, 2.75) is 31.1 Å². The van der Waals surface area contributed by atoms with Gasteiger partial charge < -0.3 is 14.2 Å². The molecule has 9 nitrogen and oxygen atoms in total. The summed E-state index contributed by atoms with van der Waals surface area (Å²) in [6.07, 6.45) is -0.211. The summed E-state index contributed by atoms with van der Waals surface area (Å²) in [4.78, 5) is 38.1. The minimum absolute atomic E-state index is 0.0868. The molecule has 0 saturated heterocycles. The molecule has 0 amide bonds. The Morgan fingerprint density at radius 2 is 1.60 bits per heavy atom. The van der Waals surface area contributed by atoms with Gasteiger partial charge in [-0.15, -0.1) is 0 Å². The highest BCUT2D eigenvalue weighted by Gasteiger charge is 2.48. The molecule has 35 heavy (non-hydrogen) atoms. The predicted octanol–water partition coefficient (Wildman–Crippen LogP) is 2.82. The molecule has 10 heteroatoms. The fraction of sp³-hybridized carbons (Fsp3) is 0.400. The van der Waals surface area contributed by atoms with E-state index in [9.17, 15) is 22.8 Å². The van der Waals surface area contributed by atoms with Crippen LogP contribution in [0.2, 0.25) is 0 Å². The van der Waals surface area contributed by atoms with E-state index in [2.05, 4.69) is 0 Å². The van der Waals surface area contributed by atoms with Gasteiger partial charge >= 0.3 is 17.9 Å². The molecule has 1 aliphatic rings. The second-order valence-corrected chi connectivity index (χ2v) is 10.1. The number of benzene rings is 2. The zero-order valence-corrected chi connectivity index (χ0v) is 20.9. The van der Waals surface area contributed by atoms with Crippen molar-refractivity contribution in [2.75, 3.05) is 31.7 Å². The van der Waals surface area contributed by atoms with Crippen LogP contribution in [0.15, 0.2) is 53.4 Å². The van der Waals surface area contributed by atoms with E-state index in [4.69, 9.17) is 14.2 Å². The monoisotopic (exact) mass is 503 g/mol. The normalized spacial score (nSPS) is 17.5. The summed E-state index contributed by atoms with van der Waals surface area (Å²) in [7, 11) is -1.72. The van der Waals surface area contributed by atoms with Gasteiger partial charge in [-0.05, 0) is 43.5 Å². The van der Waals surface area contributed by atoms with Crippen LogP contribution in [0.5, 0.6) is 0 Å². The zero-order chi connectivity index (χ0) is 25.8. The highest BCUT2D eigenvalue weighted by atomic mass is 32.2. The number of anilines is 1. The summed E-state index contributed by atoms with van der Waals surface area (Å²) >= 11 is 0. The van der Waals surface area contributed by atoms with Crippen LogP contribution in [0.4, 0.5) is 5.69 Å². The number of aryl methyl sites for hydroxylation is 1. The summed E-state index contributed by atoms with van der Waals surface area (Å²) in [6, 6.07) is 13.1. The number of methoxy groups -OCH3 is 2. The first-order valence-electron chi connectivity index (χ1n) is 11.1. The molecule has 2 unspecified atom stereocenters. The molecule has 3 rings (SSSR count). The van der Waals surface area contributed by atoms with Crippen LogP contribution in [0.1, 0.15) is 30.4 Å². The number of hydrogen-bond acceptors (Lipinski definition) is 8. The lowest BCUT2D eigenvalue weighted by molar-refractivity contribution is -0.161. The Hall–Kier alpha value is -3.40. The van der Waals surface area contributed by atoms with Gasteiger partial charge in [-0.1, -0.05) is 35.9 Å². The van der Waals surface area contributed by atoms with Crippen LogP contribution >= 0.6 is 0 Å². The van der Waals surface area contributed by atoms with Gasteiger partial charge in [0.1, 0.15) is 0 Å². The van der Waals surface area contributed by atoms with Gasteiger partial charge in [0.15, 0.2) is 5.92 Å². The third-order valence-corrected chi connectivity index (χ3v) is 7.88. The van der Waals surface area contributed by atoms with Crippen LogP contribution in [0.25, 0.3) is 0 Å². The van der Waals surface area contributed by atoms with E-state index in [0.717, 1.165) is 19.8 Å². The summed E-state index contributed by atoms with van der Waals surface area (Å²) in [5.74, 6) is -5.27. The Morgan fingerprint density at radius 3 is 2.17 bits per heavy atom. The smallest absolute Gasteiger partial charge is 0.320 e. The maximum atomic E-state index is 13.7. The number of carbonyl (C=O) groups is 3. The van der Waals surface area contributed by atoms with E-state index in [1.807, 2.05) is 6.92 Å². The fourth-order valence-corrected chi connectivity index (χ4v) is 6.01. The van der Waals surface area contributed by atoms with Crippen LogP contribution in [-0.2, 0) is 38.6 Å². The molecule has 188 valence electrons. The second kappa shape index (κ2) is 10.9. The van der Waals surface area contributed by atoms with E-state index in [-0.39, 0.29) is 24.5 Å². The van der Waals surface area contributed by atoms with E-state index >= 15 is 0 Å². The largest absolute Gasteiger partial charge is 0.468 e. The van der Waals surface area contributed by atoms with Crippen LogP contribution in [0.3, 0.4) is 0 Å². The second-order valence-electron chi connectivity index (χ2n) is 8.23. The van der Waals surface area contributed by atoms with E-state index < -0.39 is 45.7 Å². The van der Waals surface area contributed by atoms with Crippen LogP contribution < -0.4 is 4.31 Å². The quantitative estimate of drug-likeness (QED) is 0.307. The molecule has 0 bridgehead atoms. The summed E-state index contributed by atoms with van der Waals surface area (Å²) in [5.41, 5.74) is 1.64. The SMILES string of the molecule is CCOC(=O)CC1CN(S(=O)(=O)c2ccc(C)cc2)c2ccccc2C1C(C(=O)OC)C(=O)OC. The van der Waals surface area contributed by atoms with Gasteiger partial charge in [0.2, 0.25) is 0 Å². The van der Waals surface area contributed by atoms with E-state index in [1.54, 1.807) is 43.3 Å². The first-order valence-corrected chi connectivity index (χ1v) is 12.6. The van der Waals surface area contributed by atoms with Gasteiger partial charge in [0, 0.05) is 12.5 Å². The minimum atomic E-state index is -4.03. The third kappa shape index (κ3) is 5.32. The summed E-state index contributed by atoms with van der Waals surface area (Å²) in [6.45, 7) is 3.49. The Bertz CT molecular complexity index is 1180. The highest BCUT2D eigenvalue weighted by Crippen LogP contribution is 2.46. The van der Waals surface area contributed by atoms with Crippen molar-refractivity contribution in [2.24, 2.45) is 11.8 Å². The lowest BCUT2D eigenvalue weighted by Gasteiger charge is -2.41. The molecule has 2 aromatic carbocycles. The molecular formula is C25H29NO8S. The van der Waals surface area contributed by atoms with Crippen molar-refractivity contribution < 1.29 is 37.0 Å². The van der Waals surface area contributed by atoms with Crippen LogP contribution in [-0.4, -0.2) is 53.7 Å². The molecule has 0 spiro atoms. The molecule has 1 heterocycles. The minimum Gasteiger partial charge on any atom is -0.468 e. The molecule has 0 aromatic heterocycles. The molecule has 2 aromatic rings. The average Bonchev–Trinajstić information content (AvgIpc) is 2.84. The van der Waals surface area contributed by atoms with Gasteiger partial charge in [0.25, 0.3) is 10.0 Å². The van der Waals surface area contributed by atoms with Crippen molar-refractivity contribution in [1.29, 1.82) is 0 Å². The number of nitrogens with zero attached hydrogens (tertiary/aromatic N) is 1. The Labute approximate surface area is 205 Å². The highest BCUT2D eigenvalue weighted by molar-refractivity contribution is 7.92.